The summed E-state index contributed by atoms with van der Waals surface area (Å²) < 4.78 is 21.4. The Kier molecular flexibility index (Phi) is 1.15. The first-order valence-electron chi connectivity index (χ1n) is 2.51. The molecule has 0 aromatic carbocycles. The van der Waals surface area contributed by atoms with E-state index in [0.29, 0.717) is 0 Å². The third-order valence-corrected chi connectivity index (χ3v) is 3.25. The maximum absolute atomic E-state index is 10.7. The summed E-state index contributed by atoms with van der Waals surface area (Å²) in [5, 5.41) is -0.248. The SMILES string of the molecule is C[C@@H]1C=CCS1(=O)=O. The molecule has 1 atom stereocenters. The zero-order chi connectivity index (χ0) is 6.20. The molecule has 8 heavy (non-hydrogen) atoms. The predicted octanol–water partition coefficient (Wildman–Crippen LogP) is 0.360. The van der Waals surface area contributed by atoms with Crippen molar-refractivity contribution in [3.8, 4) is 0 Å². The average molecular weight is 132 g/mol. The largest absolute Gasteiger partial charge is 0.228 e. The van der Waals surface area contributed by atoms with Crippen LogP contribution in [0.4, 0.5) is 0 Å². The Morgan fingerprint density at radius 3 is 2.38 bits per heavy atom. The highest BCUT2D eigenvalue weighted by Crippen LogP contribution is 2.10. The van der Waals surface area contributed by atoms with Crippen LogP contribution in [0.25, 0.3) is 0 Å². The fraction of sp³-hybridized carbons (Fsp3) is 0.600. The second-order valence-corrected chi connectivity index (χ2v) is 4.37. The smallest absolute Gasteiger partial charge is 0.159 e. The highest BCUT2D eigenvalue weighted by atomic mass is 32.2. The Morgan fingerprint density at radius 2 is 2.25 bits per heavy atom. The van der Waals surface area contributed by atoms with Crippen molar-refractivity contribution >= 4 is 9.84 Å². The van der Waals surface area contributed by atoms with Gasteiger partial charge in [0.2, 0.25) is 0 Å². The van der Waals surface area contributed by atoms with Gasteiger partial charge in [-0.2, -0.15) is 0 Å². The Balaban J connectivity index is 2.96. The summed E-state index contributed by atoms with van der Waals surface area (Å²) in [6.45, 7) is 1.69. The lowest BCUT2D eigenvalue weighted by atomic mass is 10.4. The summed E-state index contributed by atoms with van der Waals surface area (Å²) in [6.07, 6.45) is 3.41. The molecule has 0 bridgehead atoms. The Hall–Kier alpha value is -0.310. The van der Waals surface area contributed by atoms with E-state index in [1.165, 1.54) is 0 Å². The summed E-state index contributed by atoms with van der Waals surface area (Å²) in [6, 6.07) is 0. The number of hydrogen-bond acceptors (Lipinski definition) is 2. The molecule has 0 saturated heterocycles. The minimum Gasteiger partial charge on any atom is -0.228 e. The summed E-state index contributed by atoms with van der Waals surface area (Å²) in [7, 11) is -2.74. The lowest BCUT2D eigenvalue weighted by Crippen LogP contribution is -2.11. The molecule has 46 valence electrons. The molecule has 0 spiro atoms. The molecule has 3 heteroatoms. The topological polar surface area (TPSA) is 34.1 Å². The Morgan fingerprint density at radius 1 is 1.62 bits per heavy atom. The number of sulfone groups is 1. The van der Waals surface area contributed by atoms with Crippen molar-refractivity contribution in [1.82, 2.24) is 0 Å². The lowest BCUT2D eigenvalue weighted by molar-refractivity contribution is 0.596. The molecule has 0 radical (unpaired) electrons. The van der Waals surface area contributed by atoms with E-state index in [1.807, 2.05) is 0 Å². The van der Waals surface area contributed by atoms with Crippen molar-refractivity contribution < 1.29 is 8.42 Å². The van der Waals surface area contributed by atoms with Crippen molar-refractivity contribution in [3.63, 3.8) is 0 Å². The summed E-state index contributed by atoms with van der Waals surface area (Å²) in [5.74, 6) is 0.230. The first kappa shape index (κ1) is 5.82. The minimum atomic E-state index is -2.74. The van der Waals surface area contributed by atoms with Gasteiger partial charge in [0.25, 0.3) is 0 Å². The van der Waals surface area contributed by atoms with Crippen LogP contribution in [0.2, 0.25) is 0 Å². The van der Waals surface area contributed by atoms with Gasteiger partial charge in [0.1, 0.15) is 0 Å². The van der Waals surface area contributed by atoms with Gasteiger partial charge in [0.15, 0.2) is 9.84 Å². The predicted molar refractivity (Wildman–Crippen MR) is 32.4 cm³/mol. The van der Waals surface area contributed by atoms with E-state index in [2.05, 4.69) is 0 Å². The molecule has 0 amide bonds. The van der Waals surface area contributed by atoms with Gasteiger partial charge in [-0.3, -0.25) is 0 Å². The van der Waals surface area contributed by atoms with Crippen LogP contribution in [0.5, 0.6) is 0 Å². The molecule has 0 aromatic heterocycles. The lowest BCUT2D eigenvalue weighted by Gasteiger charge is -1.95. The van der Waals surface area contributed by atoms with Crippen LogP contribution in [0.3, 0.4) is 0 Å². The van der Waals surface area contributed by atoms with Gasteiger partial charge < -0.3 is 0 Å². The molecular formula is C5H8O2S. The summed E-state index contributed by atoms with van der Waals surface area (Å²) in [4.78, 5) is 0. The molecule has 0 N–H and O–H groups in total. The molecule has 2 nitrogen and oxygen atoms in total. The van der Waals surface area contributed by atoms with Crippen molar-refractivity contribution in [2.45, 2.75) is 12.2 Å². The summed E-state index contributed by atoms with van der Waals surface area (Å²) in [5.41, 5.74) is 0. The first-order valence-corrected chi connectivity index (χ1v) is 4.23. The van der Waals surface area contributed by atoms with Crippen molar-refractivity contribution in [2.75, 3.05) is 5.75 Å². The van der Waals surface area contributed by atoms with Gasteiger partial charge in [-0.05, 0) is 6.92 Å². The van der Waals surface area contributed by atoms with Crippen LogP contribution in [0.15, 0.2) is 12.2 Å². The van der Waals surface area contributed by atoms with Gasteiger partial charge in [0.05, 0.1) is 11.0 Å². The highest BCUT2D eigenvalue weighted by Gasteiger charge is 2.20. The molecular weight excluding hydrogens is 124 g/mol. The van der Waals surface area contributed by atoms with Crippen LogP contribution in [-0.4, -0.2) is 19.4 Å². The van der Waals surface area contributed by atoms with Gasteiger partial charge in [0, 0.05) is 0 Å². The zero-order valence-corrected chi connectivity index (χ0v) is 5.48. The molecule has 1 aliphatic rings. The number of hydrogen-bond donors (Lipinski definition) is 0. The van der Waals surface area contributed by atoms with E-state index in [9.17, 15) is 8.42 Å². The molecule has 0 saturated carbocycles. The third-order valence-electron chi connectivity index (χ3n) is 1.30. The summed E-state index contributed by atoms with van der Waals surface area (Å²) >= 11 is 0. The third kappa shape index (κ3) is 0.777. The van der Waals surface area contributed by atoms with Gasteiger partial charge in [-0.25, -0.2) is 8.42 Å². The van der Waals surface area contributed by atoms with Crippen LogP contribution >= 0.6 is 0 Å². The Labute approximate surface area is 49.1 Å². The van der Waals surface area contributed by atoms with Crippen LogP contribution < -0.4 is 0 Å². The maximum Gasteiger partial charge on any atom is 0.159 e. The highest BCUT2D eigenvalue weighted by molar-refractivity contribution is 7.92. The molecule has 1 heterocycles. The quantitative estimate of drug-likeness (QED) is 0.446. The van der Waals surface area contributed by atoms with Crippen LogP contribution in [-0.2, 0) is 9.84 Å². The molecule has 0 aromatic rings. The monoisotopic (exact) mass is 132 g/mol. The zero-order valence-electron chi connectivity index (χ0n) is 4.66. The first-order chi connectivity index (χ1) is 3.63. The van der Waals surface area contributed by atoms with E-state index in [1.54, 1.807) is 19.1 Å². The van der Waals surface area contributed by atoms with Gasteiger partial charge in [-0.15, -0.1) is 0 Å². The van der Waals surface area contributed by atoms with E-state index in [4.69, 9.17) is 0 Å². The van der Waals surface area contributed by atoms with Gasteiger partial charge in [-0.1, -0.05) is 12.2 Å². The van der Waals surface area contributed by atoms with Crippen LogP contribution in [0, 0.1) is 0 Å². The second-order valence-electron chi connectivity index (χ2n) is 1.96. The minimum absolute atomic E-state index is 0.230. The standard InChI is InChI=1S/C5H8O2S/c1-5-3-2-4-8(5,6)7/h2-3,5H,4H2,1H3/t5-/m1/s1. The Bertz CT molecular complexity index is 200. The number of rotatable bonds is 0. The van der Waals surface area contributed by atoms with E-state index >= 15 is 0 Å². The molecule has 0 aliphatic carbocycles. The van der Waals surface area contributed by atoms with Crippen molar-refractivity contribution in [2.24, 2.45) is 0 Å². The van der Waals surface area contributed by atoms with Crippen LogP contribution in [0.1, 0.15) is 6.92 Å². The van der Waals surface area contributed by atoms with Gasteiger partial charge >= 0.3 is 0 Å². The molecule has 1 rings (SSSR count). The average Bonchev–Trinajstić information content (AvgIpc) is 1.86. The normalized spacial score (nSPS) is 33.4. The molecule has 1 aliphatic heterocycles. The van der Waals surface area contributed by atoms with E-state index < -0.39 is 9.84 Å². The fourth-order valence-electron chi connectivity index (χ4n) is 0.653. The molecule has 0 unspecified atom stereocenters. The fourth-order valence-corrected chi connectivity index (χ4v) is 1.69. The van der Waals surface area contributed by atoms with E-state index in [-0.39, 0.29) is 11.0 Å². The van der Waals surface area contributed by atoms with Crippen molar-refractivity contribution in [3.05, 3.63) is 12.2 Å². The molecule has 0 fully saturated rings. The van der Waals surface area contributed by atoms with Crippen molar-refractivity contribution in [1.29, 1.82) is 0 Å². The second kappa shape index (κ2) is 1.58. The maximum atomic E-state index is 10.7. The van der Waals surface area contributed by atoms with E-state index in [0.717, 1.165) is 0 Å².